The Balaban J connectivity index is 1.78. The summed E-state index contributed by atoms with van der Waals surface area (Å²) in [6.07, 6.45) is 6.74. The fourth-order valence-electron chi connectivity index (χ4n) is 3.26. The molecule has 1 aliphatic carbocycles. The molecule has 0 bridgehead atoms. The van der Waals surface area contributed by atoms with Gasteiger partial charge in [-0.1, -0.05) is 39.0 Å². The summed E-state index contributed by atoms with van der Waals surface area (Å²) in [7, 11) is 0. The molecule has 1 saturated carbocycles. The van der Waals surface area contributed by atoms with Gasteiger partial charge in [-0.25, -0.2) is 0 Å². The fraction of sp³-hybridized carbons (Fsp3) is 0.933. The van der Waals surface area contributed by atoms with Crippen LogP contribution in [0.25, 0.3) is 0 Å². The van der Waals surface area contributed by atoms with Crippen molar-refractivity contribution in [1.82, 2.24) is 10.6 Å². The van der Waals surface area contributed by atoms with Gasteiger partial charge >= 0.3 is 0 Å². The normalized spacial score (nSPS) is 28.6. The zero-order valence-corrected chi connectivity index (χ0v) is 12.3. The summed E-state index contributed by atoms with van der Waals surface area (Å²) in [5, 5.41) is 6.37. The Bertz CT molecular complexity index is 284. The van der Waals surface area contributed by atoms with Crippen molar-refractivity contribution in [1.29, 1.82) is 0 Å². The SMILES string of the molecule is CC(NC(=O)C1COCCN1)C(C)C1CCCCC1. The molecule has 2 rings (SSSR count). The molecule has 2 fully saturated rings. The summed E-state index contributed by atoms with van der Waals surface area (Å²) >= 11 is 0. The number of carbonyl (C=O) groups excluding carboxylic acids is 1. The Labute approximate surface area is 116 Å². The van der Waals surface area contributed by atoms with Crippen LogP contribution in [0.5, 0.6) is 0 Å². The molecule has 1 saturated heterocycles. The molecule has 0 aromatic carbocycles. The van der Waals surface area contributed by atoms with Crippen molar-refractivity contribution in [3.05, 3.63) is 0 Å². The lowest BCUT2D eigenvalue weighted by Gasteiger charge is -2.33. The molecule has 2 aliphatic rings. The van der Waals surface area contributed by atoms with Crippen molar-refractivity contribution in [2.24, 2.45) is 11.8 Å². The van der Waals surface area contributed by atoms with Crippen molar-refractivity contribution in [3.63, 3.8) is 0 Å². The lowest BCUT2D eigenvalue weighted by atomic mass is 9.78. The summed E-state index contributed by atoms with van der Waals surface area (Å²) in [5.41, 5.74) is 0. The van der Waals surface area contributed by atoms with E-state index < -0.39 is 0 Å². The van der Waals surface area contributed by atoms with Gasteiger partial charge in [0.1, 0.15) is 6.04 Å². The number of hydrogen-bond acceptors (Lipinski definition) is 3. The van der Waals surface area contributed by atoms with Crippen molar-refractivity contribution >= 4 is 5.91 Å². The smallest absolute Gasteiger partial charge is 0.239 e. The van der Waals surface area contributed by atoms with Gasteiger partial charge in [-0.2, -0.15) is 0 Å². The van der Waals surface area contributed by atoms with Gasteiger partial charge in [0.25, 0.3) is 0 Å². The molecule has 4 nitrogen and oxygen atoms in total. The molecule has 0 radical (unpaired) electrons. The van der Waals surface area contributed by atoms with Crippen LogP contribution in [0.1, 0.15) is 46.0 Å². The Kier molecular flexibility index (Phi) is 5.64. The van der Waals surface area contributed by atoms with Crippen LogP contribution in [0.2, 0.25) is 0 Å². The minimum absolute atomic E-state index is 0.0925. The van der Waals surface area contributed by atoms with Crippen LogP contribution in [0.3, 0.4) is 0 Å². The van der Waals surface area contributed by atoms with Crippen LogP contribution in [-0.4, -0.2) is 37.7 Å². The van der Waals surface area contributed by atoms with Crippen LogP contribution in [0.15, 0.2) is 0 Å². The van der Waals surface area contributed by atoms with Gasteiger partial charge in [-0.3, -0.25) is 4.79 Å². The number of rotatable bonds is 4. The minimum atomic E-state index is -0.172. The van der Waals surface area contributed by atoms with E-state index in [-0.39, 0.29) is 18.0 Å². The number of nitrogens with one attached hydrogen (secondary N) is 2. The first kappa shape index (κ1) is 14.8. The molecular formula is C15H28N2O2. The quantitative estimate of drug-likeness (QED) is 0.816. The fourth-order valence-corrected chi connectivity index (χ4v) is 3.26. The Hall–Kier alpha value is -0.610. The van der Waals surface area contributed by atoms with Crippen molar-refractivity contribution < 1.29 is 9.53 Å². The topological polar surface area (TPSA) is 50.4 Å². The van der Waals surface area contributed by atoms with E-state index in [1.54, 1.807) is 0 Å². The van der Waals surface area contributed by atoms with Gasteiger partial charge in [0.05, 0.1) is 13.2 Å². The molecule has 0 aromatic heterocycles. The monoisotopic (exact) mass is 268 g/mol. The Morgan fingerprint density at radius 1 is 1.26 bits per heavy atom. The van der Waals surface area contributed by atoms with Gasteiger partial charge in [0.15, 0.2) is 0 Å². The second kappa shape index (κ2) is 7.25. The largest absolute Gasteiger partial charge is 0.378 e. The van der Waals surface area contributed by atoms with Crippen LogP contribution in [-0.2, 0) is 9.53 Å². The molecule has 4 heteroatoms. The lowest BCUT2D eigenvalue weighted by Crippen LogP contribution is -2.54. The maximum atomic E-state index is 12.1. The molecule has 0 spiro atoms. The third-order valence-corrected chi connectivity index (χ3v) is 4.79. The number of hydrogen-bond donors (Lipinski definition) is 2. The van der Waals surface area contributed by atoms with Gasteiger partial charge in [0.2, 0.25) is 5.91 Å². The van der Waals surface area contributed by atoms with Crippen LogP contribution >= 0.6 is 0 Å². The molecule has 1 amide bonds. The molecule has 110 valence electrons. The van der Waals surface area contributed by atoms with Crippen LogP contribution < -0.4 is 10.6 Å². The first-order valence-electron chi connectivity index (χ1n) is 7.80. The van der Waals surface area contributed by atoms with E-state index in [0.29, 0.717) is 19.1 Å². The zero-order chi connectivity index (χ0) is 13.7. The van der Waals surface area contributed by atoms with Gasteiger partial charge < -0.3 is 15.4 Å². The average Bonchev–Trinajstić information content (AvgIpc) is 2.48. The van der Waals surface area contributed by atoms with E-state index in [2.05, 4.69) is 24.5 Å². The standard InChI is InChI=1S/C15H28N2O2/c1-11(13-6-4-3-5-7-13)12(2)17-15(18)14-10-19-9-8-16-14/h11-14,16H,3-10H2,1-2H3,(H,17,18). The molecular weight excluding hydrogens is 240 g/mol. The number of amides is 1. The summed E-state index contributed by atoms with van der Waals surface area (Å²) in [4.78, 5) is 12.1. The van der Waals surface area contributed by atoms with Crippen molar-refractivity contribution in [2.75, 3.05) is 19.8 Å². The van der Waals surface area contributed by atoms with E-state index in [9.17, 15) is 4.79 Å². The maximum Gasteiger partial charge on any atom is 0.239 e. The highest BCUT2D eigenvalue weighted by Crippen LogP contribution is 2.31. The Morgan fingerprint density at radius 3 is 2.63 bits per heavy atom. The summed E-state index contributed by atoms with van der Waals surface area (Å²) in [6, 6.07) is 0.0779. The highest BCUT2D eigenvalue weighted by Gasteiger charge is 2.28. The third kappa shape index (κ3) is 4.18. The van der Waals surface area contributed by atoms with Gasteiger partial charge in [0, 0.05) is 12.6 Å². The lowest BCUT2D eigenvalue weighted by molar-refractivity contribution is -0.127. The molecule has 1 heterocycles. The predicted molar refractivity (Wildman–Crippen MR) is 76.0 cm³/mol. The van der Waals surface area contributed by atoms with E-state index in [1.807, 2.05) is 0 Å². The summed E-state index contributed by atoms with van der Waals surface area (Å²) in [6.45, 7) is 6.39. The highest BCUT2D eigenvalue weighted by atomic mass is 16.5. The number of ether oxygens (including phenoxy) is 1. The molecule has 19 heavy (non-hydrogen) atoms. The predicted octanol–water partition coefficient (Wildman–Crippen LogP) is 1.70. The average molecular weight is 268 g/mol. The number of morpholine rings is 1. The van der Waals surface area contributed by atoms with E-state index in [0.717, 1.165) is 12.5 Å². The van der Waals surface area contributed by atoms with Gasteiger partial charge in [-0.15, -0.1) is 0 Å². The highest BCUT2D eigenvalue weighted by molar-refractivity contribution is 5.82. The van der Waals surface area contributed by atoms with E-state index in [1.165, 1.54) is 32.1 Å². The molecule has 2 N–H and O–H groups in total. The zero-order valence-electron chi connectivity index (χ0n) is 12.3. The summed E-state index contributed by atoms with van der Waals surface area (Å²) in [5.74, 6) is 1.43. The molecule has 1 aliphatic heterocycles. The molecule has 3 unspecified atom stereocenters. The second-order valence-electron chi connectivity index (χ2n) is 6.14. The molecule has 3 atom stereocenters. The minimum Gasteiger partial charge on any atom is -0.378 e. The van der Waals surface area contributed by atoms with E-state index in [4.69, 9.17) is 4.74 Å². The summed E-state index contributed by atoms with van der Waals surface area (Å²) < 4.78 is 5.34. The number of carbonyl (C=O) groups is 1. The Morgan fingerprint density at radius 2 is 2.00 bits per heavy atom. The van der Waals surface area contributed by atoms with Crippen molar-refractivity contribution in [3.8, 4) is 0 Å². The third-order valence-electron chi connectivity index (χ3n) is 4.79. The van der Waals surface area contributed by atoms with E-state index >= 15 is 0 Å². The first-order chi connectivity index (χ1) is 9.18. The van der Waals surface area contributed by atoms with Gasteiger partial charge in [-0.05, 0) is 18.8 Å². The van der Waals surface area contributed by atoms with Crippen LogP contribution in [0.4, 0.5) is 0 Å². The molecule has 0 aromatic rings. The maximum absolute atomic E-state index is 12.1. The van der Waals surface area contributed by atoms with Crippen LogP contribution in [0, 0.1) is 11.8 Å². The first-order valence-corrected chi connectivity index (χ1v) is 7.80. The second-order valence-corrected chi connectivity index (χ2v) is 6.14. The van der Waals surface area contributed by atoms with Crippen molar-refractivity contribution in [2.45, 2.75) is 58.0 Å².